The quantitative estimate of drug-likeness (QED) is 0.797. The molecule has 28 heavy (non-hydrogen) atoms. The van der Waals surface area contributed by atoms with E-state index in [1.807, 2.05) is 17.0 Å². The van der Waals surface area contributed by atoms with Gasteiger partial charge in [0.1, 0.15) is 5.75 Å². The van der Waals surface area contributed by atoms with E-state index >= 15 is 0 Å². The van der Waals surface area contributed by atoms with Crippen LogP contribution < -0.4 is 4.90 Å². The number of piperazine rings is 1. The molecule has 0 spiro atoms. The second kappa shape index (κ2) is 7.81. The molecule has 0 aromatic heterocycles. The van der Waals surface area contributed by atoms with E-state index in [1.54, 1.807) is 12.1 Å². The fraction of sp³-hybridized carbons (Fsp3) is 0.571. The van der Waals surface area contributed by atoms with Crippen LogP contribution >= 0.6 is 0 Å². The molecule has 0 unspecified atom stereocenters. The van der Waals surface area contributed by atoms with E-state index in [1.165, 1.54) is 4.90 Å². The summed E-state index contributed by atoms with van der Waals surface area (Å²) in [4.78, 5) is 43.0. The van der Waals surface area contributed by atoms with Crippen LogP contribution in [0.5, 0.6) is 5.75 Å². The molecular weight excluding hydrogens is 358 g/mol. The highest BCUT2D eigenvalue weighted by Crippen LogP contribution is 2.38. The van der Waals surface area contributed by atoms with Gasteiger partial charge in [-0.25, -0.2) is 0 Å². The second-order valence-electron chi connectivity index (χ2n) is 7.96. The van der Waals surface area contributed by atoms with Gasteiger partial charge in [-0.1, -0.05) is 12.8 Å². The normalized spacial score (nSPS) is 25.2. The van der Waals surface area contributed by atoms with Crippen molar-refractivity contribution in [1.82, 2.24) is 9.80 Å². The summed E-state index contributed by atoms with van der Waals surface area (Å²) in [5.41, 5.74) is 1.03. The number of anilines is 1. The second-order valence-corrected chi connectivity index (χ2v) is 7.96. The fourth-order valence-electron chi connectivity index (χ4n) is 4.69. The van der Waals surface area contributed by atoms with Crippen molar-refractivity contribution in [2.75, 3.05) is 37.6 Å². The van der Waals surface area contributed by atoms with Gasteiger partial charge in [-0.15, -0.1) is 0 Å². The van der Waals surface area contributed by atoms with Gasteiger partial charge in [-0.2, -0.15) is 0 Å². The predicted octanol–water partition coefficient (Wildman–Crippen LogP) is 1.61. The van der Waals surface area contributed by atoms with Crippen LogP contribution in [0.25, 0.3) is 0 Å². The third-order valence-electron chi connectivity index (χ3n) is 6.33. The summed E-state index contributed by atoms with van der Waals surface area (Å²) in [5.74, 6) is -0.195. The van der Waals surface area contributed by atoms with E-state index in [9.17, 15) is 19.5 Å². The molecule has 2 atom stereocenters. The average molecular weight is 385 g/mol. The number of rotatable bonds is 4. The van der Waals surface area contributed by atoms with Crippen molar-refractivity contribution in [3.8, 4) is 5.75 Å². The maximum Gasteiger partial charge on any atom is 0.233 e. The molecule has 0 bridgehead atoms. The lowest BCUT2D eigenvalue weighted by molar-refractivity contribution is -0.140. The van der Waals surface area contributed by atoms with E-state index < -0.39 is 0 Å². The summed E-state index contributed by atoms with van der Waals surface area (Å²) in [6.07, 6.45) is 3.84. The van der Waals surface area contributed by atoms with Crippen LogP contribution in [0.1, 0.15) is 32.1 Å². The Balaban J connectivity index is 1.27. The molecule has 3 fully saturated rings. The van der Waals surface area contributed by atoms with Crippen LogP contribution in [0, 0.1) is 11.8 Å². The largest absolute Gasteiger partial charge is 0.508 e. The summed E-state index contributed by atoms with van der Waals surface area (Å²) in [5, 5.41) is 9.40. The maximum absolute atomic E-state index is 12.6. The molecular formula is C21H27N3O4. The summed E-state index contributed by atoms with van der Waals surface area (Å²) in [6, 6.07) is 7.07. The Morgan fingerprint density at radius 2 is 1.50 bits per heavy atom. The first kappa shape index (κ1) is 18.8. The number of nitrogens with zero attached hydrogens (tertiary/aromatic N) is 3. The minimum absolute atomic E-state index is 0.000767. The zero-order chi connectivity index (χ0) is 19.7. The average Bonchev–Trinajstić information content (AvgIpc) is 2.97. The number of amides is 3. The minimum Gasteiger partial charge on any atom is -0.508 e. The molecule has 150 valence electrons. The molecule has 2 saturated heterocycles. The zero-order valence-corrected chi connectivity index (χ0v) is 16.0. The molecule has 3 aliphatic rings. The zero-order valence-electron chi connectivity index (χ0n) is 16.0. The van der Waals surface area contributed by atoms with E-state index in [2.05, 4.69) is 4.90 Å². The van der Waals surface area contributed by atoms with E-state index in [0.29, 0.717) is 13.1 Å². The van der Waals surface area contributed by atoms with Crippen molar-refractivity contribution in [3.05, 3.63) is 24.3 Å². The summed E-state index contributed by atoms with van der Waals surface area (Å²) < 4.78 is 0. The summed E-state index contributed by atoms with van der Waals surface area (Å²) >= 11 is 0. The Labute approximate surface area is 164 Å². The molecule has 1 saturated carbocycles. The summed E-state index contributed by atoms with van der Waals surface area (Å²) in [6.45, 7) is 2.89. The van der Waals surface area contributed by atoms with Gasteiger partial charge in [0.25, 0.3) is 0 Å². The number of phenols is 1. The highest BCUT2D eigenvalue weighted by molar-refractivity contribution is 6.05. The highest BCUT2D eigenvalue weighted by Gasteiger charge is 2.47. The van der Waals surface area contributed by atoms with Crippen LogP contribution in [-0.2, 0) is 14.4 Å². The van der Waals surface area contributed by atoms with Crippen molar-refractivity contribution in [3.63, 3.8) is 0 Å². The number of carbonyl (C=O) groups is 3. The van der Waals surface area contributed by atoms with E-state index in [-0.39, 0.29) is 48.3 Å². The molecule has 2 aliphatic heterocycles. The minimum atomic E-state index is -0.148. The molecule has 1 aromatic carbocycles. The number of imide groups is 1. The molecule has 3 amide bonds. The van der Waals surface area contributed by atoms with Crippen molar-refractivity contribution in [1.29, 1.82) is 0 Å². The van der Waals surface area contributed by atoms with Gasteiger partial charge in [0.05, 0.1) is 11.8 Å². The van der Waals surface area contributed by atoms with Gasteiger partial charge >= 0.3 is 0 Å². The fourth-order valence-corrected chi connectivity index (χ4v) is 4.69. The molecule has 7 heteroatoms. The van der Waals surface area contributed by atoms with Crippen LogP contribution in [0.3, 0.4) is 0 Å². The lowest BCUT2D eigenvalue weighted by atomic mass is 9.81. The van der Waals surface area contributed by atoms with Crippen molar-refractivity contribution >= 4 is 23.4 Å². The lowest BCUT2D eigenvalue weighted by Crippen LogP contribution is -2.49. The molecule has 1 N–H and O–H groups in total. The van der Waals surface area contributed by atoms with Crippen LogP contribution in [-0.4, -0.2) is 65.4 Å². The standard InChI is InChI=1S/C21H27N3O4/c25-16-7-5-15(6-8-16)22-11-13-23(14-12-22)19(26)9-10-24-20(27)17-3-1-2-4-18(17)21(24)28/h5-8,17-18,25H,1-4,9-14H2/t17-,18-/m1/s1. The van der Waals surface area contributed by atoms with Gasteiger partial charge < -0.3 is 14.9 Å². The molecule has 1 aliphatic carbocycles. The number of hydrogen-bond donors (Lipinski definition) is 1. The van der Waals surface area contributed by atoms with Gasteiger partial charge in [0, 0.05) is 44.8 Å². The van der Waals surface area contributed by atoms with Crippen LogP contribution in [0.2, 0.25) is 0 Å². The molecule has 0 radical (unpaired) electrons. The highest BCUT2D eigenvalue weighted by atomic mass is 16.3. The third kappa shape index (κ3) is 3.57. The smallest absolute Gasteiger partial charge is 0.233 e. The monoisotopic (exact) mass is 385 g/mol. The Hall–Kier alpha value is -2.57. The topological polar surface area (TPSA) is 81.2 Å². The van der Waals surface area contributed by atoms with E-state index in [0.717, 1.165) is 44.5 Å². The van der Waals surface area contributed by atoms with Crippen molar-refractivity contribution < 1.29 is 19.5 Å². The van der Waals surface area contributed by atoms with Crippen molar-refractivity contribution in [2.24, 2.45) is 11.8 Å². The first-order valence-corrected chi connectivity index (χ1v) is 10.2. The summed E-state index contributed by atoms with van der Waals surface area (Å²) in [7, 11) is 0. The molecule has 2 heterocycles. The number of hydrogen-bond acceptors (Lipinski definition) is 5. The predicted molar refractivity (Wildman–Crippen MR) is 104 cm³/mol. The first-order valence-electron chi connectivity index (χ1n) is 10.2. The van der Waals surface area contributed by atoms with Gasteiger partial charge in [0.2, 0.25) is 17.7 Å². The Morgan fingerprint density at radius 3 is 2.07 bits per heavy atom. The number of phenolic OH excluding ortho intramolecular Hbond substituents is 1. The molecule has 4 rings (SSSR count). The number of benzene rings is 1. The Kier molecular flexibility index (Phi) is 5.24. The first-order chi connectivity index (χ1) is 13.5. The van der Waals surface area contributed by atoms with Crippen molar-refractivity contribution in [2.45, 2.75) is 32.1 Å². The maximum atomic E-state index is 12.6. The van der Waals surface area contributed by atoms with Crippen LogP contribution in [0.15, 0.2) is 24.3 Å². The number of fused-ring (bicyclic) bond motifs is 1. The third-order valence-corrected chi connectivity index (χ3v) is 6.33. The SMILES string of the molecule is O=C(CCN1C(=O)[C@@H]2CCCC[C@H]2C1=O)N1CCN(c2ccc(O)cc2)CC1. The number of aromatic hydroxyl groups is 1. The van der Waals surface area contributed by atoms with Gasteiger partial charge in [0.15, 0.2) is 0 Å². The molecule has 7 nitrogen and oxygen atoms in total. The van der Waals surface area contributed by atoms with E-state index in [4.69, 9.17) is 0 Å². The molecule has 1 aromatic rings. The Bertz CT molecular complexity index is 731. The van der Waals surface area contributed by atoms with Crippen LogP contribution in [0.4, 0.5) is 5.69 Å². The van der Waals surface area contributed by atoms with Gasteiger partial charge in [-0.3, -0.25) is 19.3 Å². The van der Waals surface area contributed by atoms with Gasteiger partial charge in [-0.05, 0) is 37.1 Å². The Morgan fingerprint density at radius 1 is 0.929 bits per heavy atom. The number of carbonyl (C=O) groups excluding carboxylic acids is 3. The lowest BCUT2D eigenvalue weighted by Gasteiger charge is -2.36. The number of likely N-dealkylation sites (tertiary alicyclic amines) is 1.